The SMILES string of the molecule is COc1ccc(NC(=O)c2cnc(Nc3cccc(C(C)=O)c3)cn2)cc1. The minimum atomic E-state index is -0.363. The summed E-state index contributed by atoms with van der Waals surface area (Å²) < 4.78 is 5.08. The van der Waals surface area contributed by atoms with Crippen molar-refractivity contribution in [2.45, 2.75) is 6.92 Å². The largest absolute Gasteiger partial charge is 0.497 e. The van der Waals surface area contributed by atoms with E-state index in [1.165, 1.54) is 19.3 Å². The molecule has 2 N–H and O–H groups in total. The molecule has 1 aromatic heterocycles. The zero-order chi connectivity index (χ0) is 19.2. The van der Waals surface area contributed by atoms with E-state index in [0.29, 0.717) is 28.5 Å². The summed E-state index contributed by atoms with van der Waals surface area (Å²) in [5.41, 5.74) is 2.13. The zero-order valence-corrected chi connectivity index (χ0v) is 14.9. The van der Waals surface area contributed by atoms with Crippen LogP contribution in [0.4, 0.5) is 17.2 Å². The van der Waals surface area contributed by atoms with E-state index >= 15 is 0 Å². The number of anilines is 3. The molecule has 0 saturated carbocycles. The van der Waals surface area contributed by atoms with Gasteiger partial charge in [-0.25, -0.2) is 9.97 Å². The summed E-state index contributed by atoms with van der Waals surface area (Å²) in [7, 11) is 1.58. The lowest BCUT2D eigenvalue weighted by molar-refractivity contribution is 0.101. The fourth-order valence-electron chi connectivity index (χ4n) is 2.34. The first-order chi connectivity index (χ1) is 13.0. The molecule has 2 aromatic carbocycles. The third-order valence-electron chi connectivity index (χ3n) is 3.77. The van der Waals surface area contributed by atoms with Crippen LogP contribution >= 0.6 is 0 Å². The number of benzene rings is 2. The van der Waals surface area contributed by atoms with Crippen molar-refractivity contribution in [2.24, 2.45) is 0 Å². The monoisotopic (exact) mass is 362 g/mol. The summed E-state index contributed by atoms with van der Waals surface area (Å²) in [5, 5.41) is 5.80. The molecule has 0 unspecified atom stereocenters. The van der Waals surface area contributed by atoms with Crippen molar-refractivity contribution in [3.8, 4) is 5.75 Å². The van der Waals surface area contributed by atoms with Gasteiger partial charge < -0.3 is 15.4 Å². The van der Waals surface area contributed by atoms with Crippen molar-refractivity contribution in [1.29, 1.82) is 0 Å². The molecule has 0 spiro atoms. The van der Waals surface area contributed by atoms with Crippen molar-refractivity contribution in [3.63, 3.8) is 0 Å². The van der Waals surface area contributed by atoms with E-state index in [-0.39, 0.29) is 17.4 Å². The summed E-state index contributed by atoms with van der Waals surface area (Å²) in [6, 6.07) is 14.1. The molecule has 0 aliphatic carbocycles. The maximum atomic E-state index is 12.3. The van der Waals surface area contributed by atoms with E-state index in [2.05, 4.69) is 20.6 Å². The number of methoxy groups -OCH3 is 1. The van der Waals surface area contributed by atoms with Gasteiger partial charge >= 0.3 is 0 Å². The van der Waals surface area contributed by atoms with E-state index in [9.17, 15) is 9.59 Å². The van der Waals surface area contributed by atoms with Crippen LogP contribution in [-0.2, 0) is 0 Å². The molecule has 1 heterocycles. The van der Waals surface area contributed by atoms with Crippen LogP contribution in [0.25, 0.3) is 0 Å². The Balaban J connectivity index is 1.66. The molecule has 3 aromatic rings. The predicted molar refractivity (Wildman–Crippen MR) is 103 cm³/mol. The van der Waals surface area contributed by atoms with Crippen LogP contribution in [0, 0.1) is 0 Å². The lowest BCUT2D eigenvalue weighted by atomic mass is 10.1. The van der Waals surface area contributed by atoms with Gasteiger partial charge in [0.1, 0.15) is 17.3 Å². The predicted octanol–water partition coefficient (Wildman–Crippen LogP) is 3.68. The van der Waals surface area contributed by atoms with Gasteiger partial charge in [-0.2, -0.15) is 0 Å². The Hall–Kier alpha value is -3.74. The van der Waals surface area contributed by atoms with Gasteiger partial charge in [0.2, 0.25) is 0 Å². The Labute approximate surface area is 156 Å². The number of carbonyl (C=O) groups is 2. The number of nitrogens with one attached hydrogen (secondary N) is 2. The molecule has 7 nitrogen and oxygen atoms in total. The normalized spacial score (nSPS) is 10.1. The molecule has 0 saturated heterocycles. The van der Waals surface area contributed by atoms with Crippen molar-refractivity contribution >= 4 is 28.9 Å². The van der Waals surface area contributed by atoms with Crippen molar-refractivity contribution in [1.82, 2.24) is 9.97 Å². The van der Waals surface area contributed by atoms with Gasteiger partial charge in [0.25, 0.3) is 5.91 Å². The third-order valence-corrected chi connectivity index (χ3v) is 3.77. The van der Waals surface area contributed by atoms with Crippen LogP contribution in [0.1, 0.15) is 27.8 Å². The Morgan fingerprint density at radius 3 is 2.37 bits per heavy atom. The van der Waals surface area contributed by atoms with Crippen molar-refractivity contribution in [3.05, 3.63) is 72.2 Å². The second-order valence-corrected chi connectivity index (χ2v) is 5.73. The van der Waals surface area contributed by atoms with E-state index in [4.69, 9.17) is 4.74 Å². The van der Waals surface area contributed by atoms with E-state index < -0.39 is 0 Å². The maximum Gasteiger partial charge on any atom is 0.275 e. The van der Waals surface area contributed by atoms with Gasteiger partial charge in [-0.3, -0.25) is 9.59 Å². The molecular weight excluding hydrogens is 344 g/mol. The number of rotatable bonds is 6. The highest BCUT2D eigenvalue weighted by atomic mass is 16.5. The Kier molecular flexibility index (Phi) is 5.41. The molecule has 3 rings (SSSR count). The fraction of sp³-hybridized carbons (Fsp3) is 0.100. The summed E-state index contributed by atoms with van der Waals surface area (Å²) in [6.45, 7) is 1.51. The van der Waals surface area contributed by atoms with Gasteiger partial charge in [-0.1, -0.05) is 12.1 Å². The van der Waals surface area contributed by atoms with E-state index in [0.717, 1.165) is 0 Å². The lowest BCUT2D eigenvalue weighted by Gasteiger charge is -2.08. The number of Topliss-reactive ketones (excluding diaryl/α,β-unsaturated/α-hetero) is 1. The second kappa shape index (κ2) is 8.09. The molecule has 0 bridgehead atoms. The number of ketones is 1. The highest BCUT2D eigenvalue weighted by molar-refractivity contribution is 6.02. The summed E-state index contributed by atoms with van der Waals surface area (Å²) in [4.78, 5) is 32.0. The average molecular weight is 362 g/mol. The van der Waals surface area contributed by atoms with Gasteiger partial charge in [0.05, 0.1) is 19.5 Å². The molecule has 0 atom stereocenters. The molecule has 0 radical (unpaired) electrons. The Morgan fingerprint density at radius 1 is 0.963 bits per heavy atom. The minimum Gasteiger partial charge on any atom is -0.497 e. The smallest absolute Gasteiger partial charge is 0.275 e. The van der Waals surface area contributed by atoms with Crippen molar-refractivity contribution in [2.75, 3.05) is 17.7 Å². The van der Waals surface area contributed by atoms with Crippen LogP contribution in [0.2, 0.25) is 0 Å². The minimum absolute atomic E-state index is 0.0183. The van der Waals surface area contributed by atoms with E-state index in [1.54, 1.807) is 49.6 Å². The van der Waals surface area contributed by atoms with Crippen molar-refractivity contribution < 1.29 is 14.3 Å². The molecule has 136 valence electrons. The highest BCUT2D eigenvalue weighted by Gasteiger charge is 2.09. The Bertz CT molecular complexity index is 954. The molecular formula is C20H18N4O3. The van der Waals surface area contributed by atoms with Gasteiger partial charge in [0, 0.05) is 16.9 Å². The highest BCUT2D eigenvalue weighted by Crippen LogP contribution is 2.17. The first kappa shape index (κ1) is 18.1. The van der Waals surface area contributed by atoms with E-state index in [1.807, 2.05) is 6.07 Å². The lowest BCUT2D eigenvalue weighted by Crippen LogP contribution is -2.14. The molecule has 27 heavy (non-hydrogen) atoms. The summed E-state index contributed by atoms with van der Waals surface area (Å²) in [5.74, 6) is 0.793. The first-order valence-corrected chi connectivity index (χ1v) is 8.20. The topological polar surface area (TPSA) is 93.2 Å². The molecule has 0 aliphatic rings. The first-order valence-electron chi connectivity index (χ1n) is 8.20. The third kappa shape index (κ3) is 4.66. The fourth-order valence-corrected chi connectivity index (χ4v) is 2.34. The zero-order valence-electron chi connectivity index (χ0n) is 14.9. The van der Waals surface area contributed by atoms with Gasteiger partial charge in [-0.05, 0) is 43.3 Å². The number of hydrogen-bond donors (Lipinski definition) is 2. The number of amides is 1. The van der Waals surface area contributed by atoms with Crippen LogP contribution in [0.5, 0.6) is 5.75 Å². The standard InChI is InChI=1S/C20H18N4O3/c1-13(25)14-4-3-5-16(10-14)23-19-12-21-18(11-22-19)20(26)24-15-6-8-17(27-2)9-7-15/h3-12H,1-2H3,(H,22,23)(H,24,26). The maximum absolute atomic E-state index is 12.3. The molecule has 0 aliphatic heterocycles. The summed E-state index contributed by atoms with van der Waals surface area (Å²) in [6.07, 6.45) is 2.85. The number of nitrogens with zero attached hydrogens (tertiary/aromatic N) is 2. The molecule has 7 heteroatoms. The second-order valence-electron chi connectivity index (χ2n) is 5.73. The molecule has 0 fully saturated rings. The number of hydrogen-bond acceptors (Lipinski definition) is 6. The number of ether oxygens (including phenoxy) is 1. The van der Waals surface area contributed by atoms with Crippen LogP contribution in [-0.4, -0.2) is 28.8 Å². The molecule has 1 amide bonds. The number of aromatic nitrogens is 2. The van der Waals surface area contributed by atoms with Gasteiger partial charge in [-0.15, -0.1) is 0 Å². The number of carbonyl (C=O) groups excluding carboxylic acids is 2. The summed E-state index contributed by atoms with van der Waals surface area (Å²) >= 11 is 0. The Morgan fingerprint density at radius 2 is 1.74 bits per heavy atom. The van der Waals surface area contributed by atoms with Crippen LogP contribution in [0.15, 0.2) is 60.9 Å². The van der Waals surface area contributed by atoms with Gasteiger partial charge in [0.15, 0.2) is 5.78 Å². The quantitative estimate of drug-likeness (QED) is 0.650. The van der Waals surface area contributed by atoms with Crippen LogP contribution in [0.3, 0.4) is 0 Å². The van der Waals surface area contributed by atoms with Crippen LogP contribution < -0.4 is 15.4 Å². The average Bonchev–Trinajstić information content (AvgIpc) is 2.69.